The standard InChI is InChI=1S/C19H20ClN3O4/c1-27-19(24)18(16-4-2-3-5-17(16)20)22-12-10-21(11-13-22)14-6-8-15(9-7-14)23(25)26/h2-9,18H,10-13H2,1H3. The van der Waals surface area contributed by atoms with Crippen molar-refractivity contribution < 1.29 is 14.5 Å². The summed E-state index contributed by atoms with van der Waals surface area (Å²) >= 11 is 6.30. The molecule has 0 saturated carbocycles. The maximum absolute atomic E-state index is 12.4. The summed E-state index contributed by atoms with van der Waals surface area (Å²) in [7, 11) is 1.37. The number of halogens is 1. The number of rotatable bonds is 5. The van der Waals surface area contributed by atoms with E-state index in [0.29, 0.717) is 31.2 Å². The third-order valence-electron chi connectivity index (χ3n) is 4.73. The van der Waals surface area contributed by atoms with E-state index in [-0.39, 0.29) is 11.7 Å². The van der Waals surface area contributed by atoms with Gasteiger partial charge in [-0.1, -0.05) is 29.8 Å². The SMILES string of the molecule is COC(=O)C(c1ccccc1Cl)N1CCN(c2ccc([N+](=O)[O-])cc2)CC1. The minimum Gasteiger partial charge on any atom is -0.468 e. The Morgan fingerprint density at radius 1 is 1.11 bits per heavy atom. The van der Waals surface area contributed by atoms with Gasteiger partial charge in [0.05, 0.1) is 12.0 Å². The molecule has 3 rings (SSSR count). The summed E-state index contributed by atoms with van der Waals surface area (Å²) in [5.74, 6) is -0.341. The van der Waals surface area contributed by atoms with E-state index in [1.54, 1.807) is 18.2 Å². The van der Waals surface area contributed by atoms with Crippen LogP contribution in [0.1, 0.15) is 11.6 Å². The lowest BCUT2D eigenvalue weighted by atomic mass is 10.0. The minimum absolute atomic E-state index is 0.0712. The number of nitro groups is 1. The van der Waals surface area contributed by atoms with Crippen LogP contribution in [0.25, 0.3) is 0 Å². The zero-order valence-electron chi connectivity index (χ0n) is 14.9. The van der Waals surface area contributed by atoms with Gasteiger partial charge >= 0.3 is 5.97 Å². The van der Waals surface area contributed by atoms with Crippen molar-refractivity contribution in [3.63, 3.8) is 0 Å². The van der Waals surface area contributed by atoms with E-state index in [9.17, 15) is 14.9 Å². The summed E-state index contributed by atoms with van der Waals surface area (Å²) in [4.78, 5) is 27.0. The number of methoxy groups -OCH3 is 1. The number of carbonyl (C=O) groups is 1. The summed E-state index contributed by atoms with van der Waals surface area (Å²) in [6.45, 7) is 2.66. The van der Waals surface area contributed by atoms with Gasteiger partial charge in [0.2, 0.25) is 0 Å². The molecule has 8 heteroatoms. The molecule has 0 amide bonds. The van der Waals surface area contributed by atoms with Gasteiger partial charge in [-0.3, -0.25) is 15.0 Å². The highest BCUT2D eigenvalue weighted by atomic mass is 35.5. The van der Waals surface area contributed by atoms with Crippen molar-refractivity contribution in [2.75, 3.05) is 38.2 Å². The number of carbonyl (C=O) groups excluding carboxylic acids is 1. The quantitative estimate of drug-likeness (QED) is 0.443. The van der Waals surface area contributed by atoms with Crippen molar-refractivity contribution in [3.8, 4) is 0 Å². The molecule has 1 saturated heterocycles. The lowest BCUT2D eigenvalue weighted by Crippen LogP contribution is -2.49. The normalized spacial score (nSPS) is 16.0. The molecular weight excluding hydrogens is 370 g/mol. The second kappa shape index (κ2) is 8.37. The monoisotopic (exact) mass is 389 g/mol. The van der Waals surface area contributed by atoms with Crippen LogP contribution in [0, 0.1) is 10.1 Å². The Hall–Kier alpha value is -2.64. The number of hydrogen-bond acceptors (Lipinski definition) is 6. The molecule has 0 spiro atoms. The predicted molar refractivity (Wildman–Crippen MR) is 103 cm³/mol. The van der Waals surface area contributed by atoms with Gasteiger partial charge in [-0.15, -0.1) is 0 Å². The molecule has 0 aromatic heterocycles. The maximum Gasteiger partial charge on any atom is 0.327 e. The fraction of sp³-hybridized carbons (Fsp3) is 0.316. The average Bonchev–Trinajstić information content (AvgIpc) is 2.70. The van der Waals surface area contributed by atoms with Gasteiger partial charge in [0.25, 0.3) is 5.69 Å². The fourth-order valence-corrected chi connectivity index (χ4v) is 3.54. The Balaban J connectivity index is 1.73. The Bertz CT molecular complexity index is 820. The summed E-state index contributed by atoms with van der Waals surface area (Å²) in [6, 6.07) is 13.2. The minimum atomic E-state index is -0.553. The molecule has 142 valence electrons. The van der Waals surface area contributed by atoms with Crippen LogP contribution >= 0.6 is 11.6 Å². The van der Waals surface area contributed by atoms with Gasteiger partial charge in [0, 0.05) is 49.0 Å². The molecule has 1 atom stereocenters. The first kappa shape index (κ1) is 19.1. The van der Waals surface area contributed by atoms with Crippen LogP contribution in [-0.4, -0.2) is 49.1 Å². The number of hydrogen-bond donors (Lipinski definition) is 0. The Morgan fingerprint density at radius 2 is 1.74 bits per heavy atom. The van der Waals surface area contributed by atoms with E-state index < -0.39 is 11.0 Å². The van der Waals surface area contributed by atoms with Crippen molar-refractivity contribution in [1.29, 1.82) is 0 Å². The number of ether oxygens (including phenoxy) is 1. The first-order chi connectivity index (χ1) is 13.0. The number of anilines is 1. The predicted octanol–water partition coefficient (Wildman–Crippen LogP) is 3.28. The third kappa shape index (κ3) is 4.20. The van der Waals surface area contributed by atoms with E-state index in [0.717, 1.165) is 11.3 Å². The highest BCUT2D eigenvalue weighted by Crippen LogP contribution is 2.30. The number of non-ortho nitro benzene ring substituents is 1. The number of piperazine rings is 1. The zero-order valence-corrected chi connectivity index (χ0v) is 15.6. The summed E-state index contributed by atoms with van der Waals surface area (Å²) in [6.07, 6.45) is 0. The molecule has 1 aliphatic rings. The highest BCUT2D eigenvalue weighted by Gasteiger charge is 2.32. The van der Waals surface area contributed by atoms with Crippen LogP contribution in [0.15, 0.2) is 48.5 Å². The summed E-state index contributed by atoms with van der Waals surface area (Å²) < 4.78 is 5.01. The Kier molecular flexibility index (Phi) is 5.93. The van der Waals surface area contributed by atoms with Crippen LogP contribution in [0.3, 0.4) is 0 Å². The lowest BCUT2D eigenvalue weighted by Gasteiger charge is -2.39. The first-order valence-electron chi connectivity index (χ1n) is 8.57. The maximum atomic E-state index is 12.4. The molecule has 1 heterocycles. The highest BCUT2D eigenvalue weighted by molar-refractivity contribution is 6.31. The Labute approximate surface area is 162 Å². The largest absolute Gasteiger partial charge is 0.468 e. The van der Waals surface area contributed by atoms with Gasteiger partial charge in [-0.05, 0) is 23.8 Å². The lowest BCUT2D eigenvalue weighted by molar-refractivity contribution is -0.384. The van der Waals surface area contributed by atoms with Gasteiger partial charge < -0.3 is 9.64 Å². The molecule has 0 radical (unpaired) electrons. The molecule has 1 fully saturated rings. The van der Waals surface area contributed by atoms with Crippen LogP contribution in [0.5, 0.6) is 0 Å². The summed E-state index contributed by atoms with van der Waals surface area (Å²) in [5.41, 5.74) is 1.73. The van der Waals surface area contributed by atoms with Gasteiger partial charge in [0.15, 0.2) is 0 Å². The number of nitro benzene ring substituents is 1. The van der Waals surface area contributed by atoms with Gasteiger partial charge in [0.1, 0.15) is 6.04 Å². The van der Waals surface area contributed by atoms with Crippen molar-refractivity contribution in [3.05, 3.63) is 69.2 Å². The molecule has 1 unspecified atom stereocenters. The topological polar surface area (TPSA) is 75.9 Å². The van der Waals surface area contributed by atoms with E-state index >= 15 is 0 Å². The number of benzene rings is 2. The van der Waals surface area contributed by atoms with E-state index in [1.165, 1.54) is 19.2 Å². The molecular formula is C19H20ClN3O4. The number of esters is 1. The van der Waals surface area contributed by atoms with Crippen LogP contribution in [-0.2, 0) is 9.53 Å². The molecule has 0 N–H and O–H groups in total. The van der Waals surface area contributed by atoms with Crippen LogP contribution in [0.2, 0.25) is 5.02 Å². The number of nitrogens with zero attached hydrogens (tertiary/aromatic N) is 3. The molecule has 1 aliphatic heterocycles. The molecule has 0 bridgehead atoms. The molecule has 0 aliphatic carbocycles. The Morgan fingerprint density at radius 3 is 2.30 bits per heavy atom. The molecule has 27 heavy (non-hydrogen) atoms. The van der Waals surface area contributed by atoms with Crippen molar-refractivity contribution in [1.82, 2.24) is 4.90 Å². The molecule has 7 nitrogen and oxygen atoms in total. The second-order valence-corrected chi connectivity index (χ2v) is 6.65. The second-order valence-electron chi connectivity index (χ2n) is 6.24. The first-order valence-corrected chi connectivity index (χ1v) is 8.94. The smallest absolute Gasteiger partial charge is 0.327 e. The van der Waals surface area contributed by atoms with Crippen molar-refractivity contribution >= 4 is 28.9 Å². The van der Waals surface area contributed by atoms with E-state index in [1.807, 2.05) is 18.2 Å². The van der Waals surface area contributed by atoms with Crippen LogP contribution < -0.4 is 4.90 Å². The van der Waals surface area contributed by atoms with E-state index in [4.69, 9.17) is 16.3 Å². The zero-order chi connectivity index (χ0) is 19.4. The van der Waals surface area contributed by atoms with Crippen LogP contribution in [0.4, 0.5) is 11.4 Å². The van der Waals surface area contributed by atoms with E-state index in [2.05, 4.69) is 9.80 Å². The third-order valence-corrected chi connectivity index (χ3v) is 5.07. The average molecular weight is 390 g/mol. The summed E-state index contributed by atoms with van der Waals surface area (Å²) in [5, 5.41) is 11.3. The van der Waals surface area contributed by atoms with Crippen molar-refractivity contribution in [2.24, 2.45) is 0 Å². The van der Waals surface area contributed by atoms with Crippen molar-refractivity contribution in [2.45, 2.75) is 6.04 Å². The molecule has 2 aromatic rings. The molecule has 2 aromatic carbocycles. The fourth-order valence-electron chi connectivity index (χ4n) is 3.30. The van der Waals surface area contributed by atoms with Gasteiger partial charge in [-0.25, -0.2) is 4.79 Å². The van der Waals surface area contributed by atoms with Gasteiger partial charge in [-0.2, -0.15) is 0 Å².